The van der Waals surface area contributed by atoms with Gasteiger partial charge in [0.15, 0.2) is 6.29 Å². The van der Waals surface area contributed by atoms with Crippen LogP contribution in [-0.4, -0.2) is 32.1 Å². The number of carbonyl (C=O) groups is 1. The van der Waals surface area contributed by atoms with Crippen molar-refractivity contribution in [1.82, 2.24) is 0 Å². The summed E-state index contributed by atoms with van der Waals surface area (Å²) in [6, 6.07) is 0. The zero-order chi connectivity index (χ0) is 17.9. The molecule has 144 valence electrons. The van der Waals surface area contributed by atoms with E-state index in [1.54, 1.807) is 11.1 Å². The Balaban J connectivity index is 1.61. The van der Waals surface area contributed by atoms with Crippen molar-refractivity contribution in [2.24, 2.45) is 5.92 Å². The Kier molecular flexibility index (Phi) is 9.56. The highest BCUT2D eigenvalue weighted by molar-refractivity contribution is 5.65. The molecule has 0 amide bonds. The molecule has 0 aromatic heterocycles. The minimum absolute atomic E-state index is 0.0472. The predicted octanol–water partition coefficient (Wildman–Crippen LogP) is 5.16. The first-order chi connectivity index (χ1) is 12.2. The van der Waals surface area contributed by atoms with Crippen LogP contribution in [0.15, 0.2) is 11.1 Å². The van der Waals surface area contributed by atoms with Crippen molar-refractivity contribution in [2.75, 3.05) is 19.8 Å². The van der Waals surface area contributed by atoms with Crippen LogP contribution in [0.4, 0.5) is 0 Å². The van der Waals surface area contributed by atoms with E-state index < -0.39 is 0 Å². The maximum Gasteiger partial charge on any atom is 0.302 e. The van der Waals surface area contributed by atoms with Gasteiger partial charge >= 0.3 is 5.97 Å². The van der Waals surface area contributed by atoms with Gasteiger partial charge in [0.05, 0.1) is 6.61 Å². The third-order valence-electron chi connectivity index (χ3n) is 5.52. The predicted molar refractivity (Wildman–Crippen MR) is 99.3 cm³/mol. The molecule has 2 rings (SSSR count). The smallest absolute Gasteiger partial charge is 0.302 e. The van der Waals surface area contributed by atoms with Gasteiger partial charge in [-0.25, -0.2) is 0 Å². The molecule has 2 aliphatic rings. The van der Waals surface area contributed by atoms with Crippen LogP contribution in [0, 0.1) is 5.92 Å². The Hall–Kier alpha value is -0.870. The van der Waals surface area contributed by atoms with Crippen LogP contribution < -0.4 is 0 Å². The Morgan fingerprint density at radius 3 is 2.76 bits per heavy atom. The Labute approximate surface area is 153 Å². The zero-order valence-electron chi connectivity index (χ0n) is 16.2. The van der Waals surface area contributed by atoms with Gasteiger partial charge in [-0.2, -0.15) is 0 Å². The quantitative estimate of drug-likeness (QED) is 0.309. The van der Waals surface area contributed by atoms with Gasteiger partial charge in [-0.3, -0.25) is 4.79 Å². The lowest BCUT2D eigenvalue weighted by atomic mass is 9.79. The topological polar surface area (TPSA) is 44.8 Å². The van der Waals surface area contributed by atoms with Crippen LogP contribution in [-0.2, 0) is 19.0 Å². The SMILES string of the molecule is CC(=O)OCCC[C@@H]1CCCC(CCCCO[C@@H]2CCCCO2)=C1C. The molecule has 1 saturated heterocycles. The molecule has 2 atom stereocenters. The van der Waals surface area contributed by atoms with Crippen LogP contribution in [0.5, 0.6) is 0 Å². The van der Waals surface area contributed by atoms with Crippen molar-refractivity contribution >= 4 is 5.97 Å². The Morgan fingerprint density at radius 1 is 1.12 bits per heavy atom. The van der Waals surface area contributed by atoms with Crippen molar-refractivity contribution in [2.45, 2.75) is 90.8 Å². The van der Waals surface area contributed by atoms with Gasteiger partial charge in [-0.15, -0.1) is 0 Å². The van der Waals surface area contributed by atoms with E-state index in [1.807, 2.05) is 0 Å². The molecule has 0 aromatic carbocycles. The van der Waals surface area contributed by atoms with Crippen molar-refractivity contribution < 1.29 is 19.0 Å². The first kappa shape index (κ1) is 20.4. The van der Waals surface area contributed by atoms with E-state index >= 15 is 0 Å². The van der Waals surface area contributed by atoms with E-state index in [0.29, 0.717) is 12.5 Å². The molecule has 0 bridgehead atoms. The van der Waals surface area contributed by atoms with Crippen LogP contribution in [0.25, 0.3) is 0 Å². The third-order valence-corrected chi connectivity index (χ3v) is 5.52. The van der Waals surface area contributed by atoms with E-state index in [0.717, 1.165) is 38.9 Å². The first-order valence-corrected chi connectivity index (χ1v) is 10.2. The largest absolute Gasteiger partial charge is 0.466 e. The van der Waals surface area contributed by atoms with E-state index in [4.69, 9.17) is 14.2 Å². The summed E-state index contributed by atoms with van der Waals surface area (Å²) in [5, 5.41) is 0. The van der Waals surface area contributed by atoms with Gasteiger partial charge in [0.25, 0.3) is 0 Å². The molecular weight excluding hydrogens is 316 g/mol. The minimum atomic E-state index is -0.169. The van der Waals surface area contributed by atoms with Crippen molar-refractivity contribution in [3.63, 3.8) is 0 Å². The fourth-order valence-electron chi connectivity index (χ4n) is 3.99. The number of esters is 1. The van der Waals surface area contributed by atoms with Crippen molar-refractivity contribution in [3.05, 3.63) is 11.1 Å². The Morgan fingerprint density at radius 2 is 2.00 bits per heavy atom. The van der Waals surface area contributed by atoms with Gasteiger partial charge in [0.2, 0.25) is 0 Å². The third kappa shape index (κ3) is 7.91. The number of allylic oxidation sites excluding steroid dienone is 2. The molecule has 1 heterocycles. The summed E-state index contributed by atoms with van der Waals surface area (Å²) in [6.07, 6.45) is 13.0. The van der Waals surface area contributed by atoms with Crippen molar-refractivity contribution in [1.29, 1.82) is 0 Å². The Bertz CT molecular complexity index is 424. The van der Waals surface area contributed by atoms with Crippen molar-refractivity contribution in [3.8, 4) is 0 Å². The van der Waals surface area contributed by atoms with E-state index in [1.165, 1.54) is 51.9 Å². The van der Waals surface area contributed by atoms with Gasteiger partial charge in [0.1, 0.15) is 0 Å². The second-order valence-corrected chi connectivity index (χ2v) is 7.48. The van der Waals surface area contributed by atoms with E-state index in [9.17, 15) is 4.79 Å². The second kappa shape index (κ2) is 11.7. The highest BCUT2D eigenvalue weighted by Gasteiger charge is 2.19. The van der Waals surface area contributed by atoms with Gasteiger partial charge in [-0.05, 0) is 83.5 Å². The summed E-state index contributed by atoms with van der Waals surface area (Å²) >= 11 is 0. The molecule has 0 radical (unpaired) electrons. The summed E-state index contributed by atoms with van der Waals surface area (Å²) in [5.41, 5.74) is 3.27. The number of carbonyl (C=O) groups excluding carboxylic acids is 1. The van der Waals surface area contributed by atoms with Crippen LogP contribution in [0.2, 0.25) is 0 Å². The summed E-state index contributed by atoms with van der Waals surface area (Å²) < 4.78 is 16.5. The van der Waals surface area contributed by atoms with Crippen LogP contribution in [0.1, 0.15) is 84.5 Å². The summed E-state index contributed by atoms with van der Waals surface area (Å²) in [4.78, 5) is 10.8. The molecule has 0 aromatic rings. The average molecular weight is 353 g/mol. The standard InChI is InChI=1S/C21H36O4/c1-17-19(9-3-5-14-24-21-13-4-6-15-25-21)10-7-11-20(17)12-8-16-23-18(2)22/h20-21H,3-16H2,1-2H3/t20-,21-/m0/s1. The van der Waals surface area contributed by atoms with Gasteiger partial charge in [-0.1, -0.05) is 11.1 Å². The molecule has 4 heteroatoms. The highest BCUT2D eigenvalue weighted by Crippen LogP contribution is 2.35. The molecule has 25 heavy (non-hydrogen) atoms. The molecule has 0 saturated carbocycles. The normalized spacial score (nSPS) is 24.4. The molecule has 1 aliphatic heterocycles. The summed E-state index contributed by atoms with van der Waals surface area (Å²) in [7, 11) is 0. The number of hydrogen-bond donors (Lipinski definition) is 0. The molecule has 4 nitrogen and oxygen atoms in total. The summed E-state index contributed by atoms with van der Waals surface area (Å²) in [5.74, 6) is 0.517. The fraction of sp³-hybridized carbons (Fsp3) is 0.857. The molecular formula is C21H36O4. The highest BCUT2D eigenvalue weighted by atomic mass is 16.7. The minimum Gasteiger partial charge on any atom is -0.466 e. The molecule has 0 unspecified atom stereocenters. The number of hydrogen-bond acceptors (Lipinski definition) is 4. The first-order valence-electron chi connectivity index (χ1n) is 10.2. The van der Waals surface area contributed by atoms with E-state index in [-0.39, 0.29) is 12.3 Å². The van der Waals surface area contributed by atoms with Crippen LogP contribution >= 0.6 is 0 Å². The van der Waals surface area contributed by atoms with Crippen LogP contribution in [0.3, 0.4) is 0 Å². The molecule has 0 spiro atoms. The molecule has 1 fully saturated rings. The number of unbranched alkanes of at least 4 members (excludes halogenated alkanes) is 1. The lowest BCUT2D eigenvalue weighted by molar-refractivity contribution is -0.162. The second-order valence-electron chi connectivity index (χ2n) is 7.48. The molecule has 1 aliphatic carbocycles. The maximum atomic E-state index is 10.8. The maximum absolute atomic E-state index is 10.8. The number of rotatable bonds is 10. The van der Waals surface area contributed by atoms with E-state index in [2.05, 4.69) is 6.92 Å². The zero-order valence-corrected chi connectivity index (χ0v) is 16.2. The monoisotopic (exact) mass is 352 g/mol. The average Bonchev–Trinajstić information content (AvgIpc) is 2.61. The fourth-order valence-corrected chi connectivity index (χ4v) is 3.99. The molecule has 0 N–H and O–H groups in total. The summed E-state index contributed by atoms with van der Waals surface area (Å²) in [6.45, 7) is 6.04. The lowest BCUT2D eigenvalue weighted by Crippen LogP contribution is -2.22. The number of ether oxygens (including phenoxy) is 3. The lowest BCUT2D eigenvalue weighted by Gasteiger charge is -2.27. The van der Waals surface area contributed by atoms with Gasteiger partial charge < -0.3 is 14.2 Å². The van der Waals surface area contributed by atoms with Gasteiger partial charge in [0, 0.05) is 20.1 Å².